The van der Waals surface area contributed by atoms with Crippen molar-refractivity contribution in [1.29, 1.82) is 0 Å². The Kier molecular flexibility index (Phi) is 6.17. The molecule has 0 aliphatic carbocycles. The molecule has 3 rings (SSSR count). The van der Waals surface area contributed by atoms with Crippen molar-refractivity contribution in [1.82, 2.24) is 14.9 Å². The van der Waals surface area contributed by atoms with Gasteiger partial charge in [-0.05, 0) is 49.9 Å². The Morgan fingerprint density at radius 1 is 1.35 bits per heavy atom. The first-order chi connectivity index (χ1) is 12.7. The number of anilines is 1. The number of methoxy groups -OCH3 is 1. The number of nitrogens with zero attached hydrogens (tertiary/aromatic N) is 3. The number of ether oxygens (including phenoxy) is 1. The predicted molar refractivity (Wildman–Crippen MR) is 101 cm³/mol. The van der Waals surface area contributed by atoms with E-state index in [1.807, 2.05) is 42.2 Å². The highest BCUT2D eigenvalue weighted by molar-refractivity contribution is 5.94. The third-order valence-electron chi connectivity index (χ3n) is 4.62. The van der Waals surface area contributed by atoms with E-state index < -0.39 is 0 Å². The molecule has 1 N–H and O–H groups in total. The number of piperidine rings is 1. The van der Waals surface area contributed by atoms with Gasteiger partial charge in [-0.3, -0.25) is 9.78 Å². The first-order valence-corrected chi connectivity index (χ1v) is 9.06. The average molecular weight is 354 g/mol. The molecular weight excluding hydrogens is 328 g/mol. The molecule has 1 unspecified atom stereocenters. The Bertz CT molecular complexity index is 731. The molecule has 2 aromatic heterocycles. The molecule has 26 heavy (non-hydrogen) atoms. The zero-order valence-corrected chi connectivity index (χ0v) is 15.4. The molecule has 1 atom stereocenters. The van der Waals surface area contributed by atoms with Gasteiger partial charge in [0.15, 0.2) is 0 Å². The van der Waals surface area contributed by atoms with E-state index in [9.17, 15) is 4.79 Å². The van der Waals surface area contributed by atoms with Crippen LogP contribution in [0.25, 0.3) is 0 Å². The lowest BCUT2D eigenvalue weighted by Crippen LogP contribution is -2.41. The average Bonchev–Trinajstić information content (AvgIpc) is 2.67. The fraction of sp³-hybridized carbons (Fsp3) is 0.450. The van der Waals surface area contributed by atoms with Crippen LogP contribution in [-0.4, -0.2) is 47.6 Å². The van der Waals surface area contributed by atoms with Crippen LogP contribution in [0.3, 0.4) is 0 Å². The first-order valence-electron chi connectivity index (χ1n) is 9.06. The van der Waals surface area contributed by atoms with Gasteiger partial charge < -0.3 is 15.0 Å². The number of aryl methyl sites for hydroxylation is 1. The molecule has 0 saturated carbocycles. The lowest BCUT2D eigenvalue weighted by atomic mass is 9.98. The second-order valence-corrected chi connectivity index (χ2v) is 6.77. The van der Waals surface area contributed by atoms with E-state index in [2.05, 4.69) is 15.3 Å². The summed E-state index contributed by atoms with van der Waals surface area (Å²) >= 11 is 0. The zero-order chi connectivity index (χ0) is 18.4. The standard InChI is InChI=1S/C20H26N4O2/c1-15-5-3-7-18(23-15)12-22-19-9-8-17(11-21-19)20(25)24-10-4-6-16(13-24)14-26-2/h3,5,7-9,11,16H,4,6,10,12-14H2,1-2H3,(H,21,22). The molecule has 2 aromatic rings. The highest BCUT2D eigenvalue weighted by Gasteiger charge is 2.24. The number of hydrogen-bond acceptors (Lipinski definition) is 5. The summed E-state index contributed by atoms with van der Waals surface area (Å²) in [4.78, 5) is 23.4. The lowest BCUT2D eigenvalue weighted by molar-refractivity contribution is 0.0570. The SMILES string of the molecule is COCC1CCCN(C(=O)c2ccc(NCc3cccc(C)n3)nc2)C1. The molecule has 1 aliphatic heterocycles. The van der Waals surface area contributed by atoms with Gasteiger partial charge in [-0.25, -0.2) is 4.98 Å². The van der Waals surface area contributed by atoms with E-state index in [1.165, 1.54) is 0 Å². The van der Waals surface area contributed by atoms with E-state index >= 15 is 0 Å². The summed E-state index contributed by atoms with van der Waals surface area (Å²) in [5.41, 5.74) is 2.58. The molecule has 6 nitrogen and oxygen atoms in total. The van der Waals surface area contributed by atoms with Gasteiger partial charge in [-0.2, -0.15) is 0 Å². The molecular formula is C20H26N4O2. The van der Waals surface area contributed by atoms with Gasteiger partial charge in [0.25, 0.3) is 5.91 Å². The maximum absolute atomic E-state index is 12.7. The minimum atomic E-state index is 0.0465. The van der Waals surface area contributed by atoms with Crippen LogP contribution < -0.4 is 5.32 Å². The maximum Gasteiger partial charge on any atom is 0.255 e. The van der Waals surface area contributed by atoms with Crippen molar-refractivity contribution in [3.8, 4) is 0 Å². The second-order valence-electron chi connectivity index (χ2n) is 6.77. The smallest absolute Gasteiger partial charge is 0.255 e. The van der Waals surface area contributed by atoms with E-state index in [4.69, 9.17) is 4.74 Å². The van der Waals surface area contributed by atoms with Crippen molar-refractivity contribution in [2.24, 2.45) is 5.92 Å². The number of aromatic nitrogens is 2. The Morgan fingerprint density at radius 3 is 2.96 bits per heavy atom. The summed E-state index contributed by atoms with van der Waals surface area (Å²) < 4.78 is 5.24. The molecule has 1 saturated heterocycles. The normalized spacial score (nSPS) is 17.2. The number of likely N-dealkylation sites (tertiary alicyclic amines) is 1. The van der Waals surface area contributed by atoms with E-state index in [-0.39, 0.29) is 5.91 Å². The number of hydrogen-bond donors (Lipinski definition) is 1. The highest BCUT2D eigenvalue weighted by atomic mass is 16.5. The number of rotatable bonds is 6. The predicted octanol–water partition coefficient (Wildman–Crippen LogP) is 2.90. The first kappa shape index (κ1) is 18.3. The van der Waals surface area contributed by atoms with Crippen molar-refractivity contribution in [3.05, 3.63) is 53.5 Å². The summed E-state index contributed by atoms with van der Waals surface area (Å²) in [6.07, 6.45) is 3.79. The Hall–Kier alpha value is -2.47. The Labute approximate surface area is 154 Å². The maximum atomic E-state index is 12.7. The molecule has 1 aliphatic rings. The third-order valence-corrected chi connectivity index (χ3v) is 4.62. The Morgan fingerprint density at radius 2 is 2.23 bits per heavy atom. The van der Waals surface area contributed by atoms with Crippen LogP contribution in [-0.2, 0) is 11.3 Å². The van der Waals surface area contributed by atoms with Gasteiger partial charge in [0, 0.05) is 32.1 Å². The van der Waals surface area contributed by atoms with E-state index in [0.29, 0.717) is 24.6 Å². The minimum Gasteiger partial charge on any atom is -0.384 e. The Balaban J connectivity index is 1.57. The van der Waals surface area contributed by atoms with Crippen molar-refractivity contribution in [2.45, 2.75) is 26.3 Å². The van der Waals surface area contributed by atoms with Gasteiger partial charge in [0.05, 0.1) is 24.4 Å². The van der Waals surface area contributed by atoms with Gasteiger partial charge >= 0.3 is 0 Å². The molecule has 3 heterocycles. The number of nitrogens with one attached hydrogen (secondary N) is 1. The van der Waals surface area contributed by atoms with Crippen molar-refractivity contribution in [3.63, 3.8) is 0 Å². The van der Waals surface area contributed by atoms with Crippen molar-refractivity contribution < 1.29 is 9.53 Å². The summed E-state index contributed by atoms with van der Waals surface area (Å²) in [6.45, 7) is 4.84. The zero-order valence-electron chi connectivity index (χ0n) is 15.4. The van der Waals surface area contributed by atoms with Gasteiger partial charge in [0.2, 0.25) is 0 Å². The molecule has 0 radical (unpaired) electrons. The number of amides is 1. The number of pyridine rings is 2. The van der Waals surface area contributed by atoms with Gasteiger partial charge in [0.1, 0.15) is 5.82 Å². The summed E-state index contributed by atoms with van der Waals surface area (Å²) in [7, 11) is 1.71. The molecule has 6 heteroatoms. The van der Waals surface area contributed by atoms with Crippen LogP contribution in [0.1, 0.15) is 34.6 Å². The van der Waals surface area contributed by atoms with Crippen LogP contribution in [0.15, 0.2) is 36.5 Å². The molecule has 0 aromatic carbocycles. The van der Waals surface area contributed by atoms with Crippen LogP contribution in [0.2, 0.25) is 0 Å². The fourth-order valence-electron chi connectivity index (χ4n) is 3.31. The van der Waals surface area contributed by atoms with Gasteiger partial charge in [-0.1, -0.05) is 6.07 Å². The van der Waals surface area contributed by atoms with Crippen LogP contribution in [0.4, 0.5) is 5.82 Å². The monoisotopic (exact) mass is 354 g/mol. The number of carbonyl (C=O) groups excluding carboxylic acids is 1. The topological polar surface area (TPSA) is 67.3 Å². The van der Waals surface area contributed by atoms with Gasteiger partial charge in [-0.15, -0.1) is 0 Å². The molecule has 1 amide bonds. The molecule has 0 bridgehead atoms. The summed E-state index contributed by atoms with van der Waals surface area (Å²) in [5, 5.41) is 3.24. The molecule has 138 valence electrons. The third kappa shape index (κ3) is 4.79. The van der Waals surface area contributed by atoms with E-state index in [1.54, 1.807) is 13.3 Å². The van der Waals surface area contributed by atoms with Crippen LogP contribution >= 0.6 is 0 Å². The van der Waals surface area contributed by atoms with Crippen molar-refractivity contribution in [2.75, 3.05) is 32.1 Å². The number of carbonyl (C=O) groups is 1. The van der Waals surface area contributed by atoms with Crippen LogP contribution in [0.5, 0.6) is 0 Å². The summed E-state index contributed by atoms with van der Waals surface area (Å²) in [6, 6.07) is 9.62. The van der Waals surface area contributed by atoms with Crippen molar-refractivity contribution >= 4 is 11.7 Å². The molecule has 1 fully saturated rings. The highest BCUT2D eigenvalue weighted by Crippen LogP contribution is 2.19. The van der Waals surface area contributed by atoms with E-state index in [0.717, 1.165) is 43.1 Å². The fourth-order valence-corrected chi connectivity index (χ4v) is 3.31. The minimum absolute atomic E-state index is 0.0465. The van der Waals surface area contributed by atoms with Crippen LogP contribution in [0, 0.1) is 12.8 Å². The largest absolute Gasteiger partial charge is 0.384 e. The summed E-state index contributed by atoms with van der Waals surface area (Å²) in [5.74, 6) is 1.21. The second kappa shape index (κ2) is 8.76. The molecule has 0 spiro atoms. The quantitative estimate of drug-likeness (QED) is 0.864. The lowest BCUT2D eigenvalue weighted by Gasteiger charge is -2.32.